The van der Waals surface area contributed by atoms with Gasteiger partial charge in [0.25, 0.3) is 0 Å². The number of ether oxygens (including phenoxy) is 1. The van der Waals surface area contributed by atoms with Crippen LogP contribution < -0.4 is 10.2 Å². The highest BCUT2D eigenvalue weighted by molar-refractivity contribution is 8.00. The summed E-state index contributed by atoms with van der Waals surface area (Å²) in [7, 11) is 0.692. The number of anilines is 2. The molecule has 2 aliphatic rings. The van der Waals surface area contributed by atoms with Crippen molar-refractivity contribution in [3.05, 3.63) is 12.1 Å². The highest BCUT2D eigenvalue weighted by Gasteiger charge is 2.40. The number of aromatic nitrogens is 1. The van der Waals surface area contributed by atoms with Crippen molar-refractivity contribution in [3.8, 4) is 0 Å². The summed E-state index contributed by atoms with van der Waals surface area (Å²) in [4.78, 5) is 31.1. The fraction of sp³-hybridized carbons (Fsp3) is 0.650. The average molecular weight is 438 g/mol. The second kappa shape index (κ2) is 8.27. The SMILES string of the molecule is CC(CCC(C)(O[SiH3])C(C)(C)C)[C@@H]1CN(c2ccc3c(n2)NC(=O)CS3)C(=O)O1. The van der Waals surface area contributed by atoms with E-state index >= 15 is 0 Å². The summed E-state index contributed by atoms with van der Waals surface area (Å²) in [6.45, 7) is 11.3. The quantitative estimate of drug-likeness (QED) is 0.689. The summed E-state index contributed by atoms with van der Waals surface area (Å²) >= 11 is 1.45. The van der Waals surface area contributed by atoms with Gasteiger partial charge in [-0.05, 0) is 43.2 Å². The van der Waals surface area contributed by atoms with E-state index in [1.807, 2.05) is 12.1 Å². The lowest BCUT2D eigenvalue weighted by molar-refractivity contribution is -0.113. The first-order valence-electron chi connectivity index (χ1n) is 10.0. The van der Waals surface area contributed by atoms with Crippen LogP contribution in [0.15, 0.2) is 17.0 Å². The highest BCUT2D eigenvalue weighted by Crippen LogP contribution is 2.39. The number of amides is 2. The fourth-order valence-corrected chi connectivity index (χ4v) is 5.12. The maximum Gasteiger partial charge on any atom is 0.415 e. The van der Waals surface area contributed by atoms with Gasteiger partial charge in [-0.25, -0.2) is 9.78 Å². The minimum Gasteiger partial charge on any atom is -0.444 e. The van der Waals surface area contributed by atoms with Crippen LogP contribution in [0.4, 0.5) is 16.4 Å². The molecule has 0 saturated carbocycles. The Kier molecular flexibility index (Phi) is 6.31. The lowest BCUT2D eigenvalue weighted by Crippen LogP contribution is -2.42. The molecule has 0 aliphatic carbocycles. The Morgan fingerprint density at radius 1 is 1.38 bits per heavy atom. The van der Waals surface area contributed by atoms with E-state index in [0.717, 1.165) is 17.7 Å². The maximum absolute atomic E-state index is 12.5. The predicted molar refractivity (Wildman–Crippen MR) is 118 cm³/mol. The smallest absolute Gasteiger partial charge is 0.415 e. The number of nitrogens with one attached hydrogen (secondary N) is 1. The van der Waals surface area contributed by atoms with Gasteiger partial charge in [0, 0.05) is 0 Å². The molecule has 2 amide bonds. The molecule has 7 nitrogen and oxygen atoms in total. The summed E-state index contributed by atoms with van der Waals surface area (Å²) < 4.78 is 11.6. The normalized spacial score (nSPS) is 22.7. The maximum atomic E-state index is 12.5. The monoisotopic (exact) mass is 437 g/mol. The Balaban J connectivity index is 1.66. The minimum atomic E-state index is -0.387. The van der Waals surface area contributed by atoms with E-state index in [-0.39, 0.29) is 35.0 Å². The molecular weight excluding hydrogens is 406 g/mol. The summed E-state index contributed by atoms with van der Waals surface area (Å²) in [6, 6.07) is 3.70. The molecule has 1 saturated heterocycles. The number of rotatable bonds is 6. The third kappa shape index (κ3) is 4.62. The second-order valence-electron chi connectivity index (χ2n) is 9.09. The number of hydrogen-bond acceptors (Lipinski definition) is 6. The minimum absolute atomic E-state index is 0.0440. The molecule has 0 radical (unpaired) electrons. The van der Waals surface area contributed by atoms with E-state index < -0.39 is 0 Å². The molecule has 3 heterocycles. The van der Waals surface area contributed by atoms with Crippen LogP contribution in [-0.2, 0) is 14.0 Å². The Labute approximate surface area is 179 Å². The van der Waals surface area contributed by atoms with Gasteiger partial charge < -0.3 is 14.5 Å². The first-order valence-corrected chi connectivity index (χ1v) is 11.8. The van der Waals surface area contributed by atoms with Crippen LogP contribution in [0.1, 0.15) is 47.5 Å². The molecule has 1 N–H and O–H groups in total. The second-order valence-corrected chi connectivity index (χ2v) is 10.5. The summed E-state index contributed by atoms with van der Waals surface area (Å²) in [5, 5.41) is 2.77. The highest BCUT2D eigenvalue weighted by atomic mass is 32.2. The molecule has 2 aliphatic heterocycles. The third-order valence-electron chi connectivity index (χ3n) is 6.32. The lowest BCUT2D eigenvalue weighted by atomic mass is 9.74. The zero-order chi connectivity index (χ0) is 21.4. The molecule has 0 bridgehead atoms. The van der Waals surface area contributed by atoms with Gasteiger partial charge in [0.15, 0.2) is 0 Å². The van der Waals surface area contributed by atoms with Gasteiger partial charge in [-0.2, -0.15) is 0 Å². The van der Waals surface area contributed by atoms with Crippen molar-refractivity contribution in [3.63, 3.8) is 0 Å². The predicted octanol–water partition coefficient (Wildman–Crippen LogP) is 2.97. The van der Waals surface area contributed by atoms with Gasteiger partial charge in [-0.1, -0.05) is 27.7 Å². The Hall–Kier alpha value is -1.58. The molecule has 1 aromatic heterocycles. The van der Waals surface area contributed by atoms with Crippen LogP contribution in [-0.4, -0.2) is 51.5 Å². The number of pyridine rings is 1. The molecular formula is C20H31N3O4SSi. The van der Waals surface area contributed by atoms with Crippen LogP contribution in [0, 0.1) is 11.3 Å². The van der Waals surface area contributed by atoms with Gasteiger partial charge in [0.1, 0.15) is 28.2 Å². The van der Waals surface area contributed by atoms with E-state index in [9.17, 15) is 9.59 Å². The Morgan fingerprint density at radius 3 is 2.76 bits per heavy atom. The van der Waals surface area contributed by atoms with Gasteiger partial charge in [-0.3, -0.25) is 9.69 Å². The molecule has 0 spiro atoms. The number of carbonyl (C=O) groups excluding carboxylic acids is 2. The summed E-state index contributed by atoms with van der Waals surface area (Å²) in [5.74, 6) is 1.53. The van der Waals surface area contributed by atoms with Gasteiger partial charge in [0.05, 0.1) is 22.8 Å². The van der Waals surface area contributed by atoms with E-state index in [1.165, 1.54) is 11.8 Å². The molecule has 3 rings (SSSR count). The number of thioether (sulfide) groups is 1. The number of fused-ring (bicyclic) bond motifs is 1. The number of carbonyl (C=O) groups is 2. The molecule has 0 aromatic carbocycles. The molecule has 1 fully saturated rings. The average Bonchev–Trinajstić information content (AvgIpc) is 3.06. The van der Waals surface area contributed by atoms with Crippen molar-refractivity contribution in [2.75, 3.05) is 22.5 Å². The van der Waals surface area contributed by atoms with E-state index in [4.69, 9.17) is 9.16 Å². The largest absolute Gasteiger partial charge is 0.444 e. The Bertz CT molecular complexity index is 800. The van der Waals surface area contributed by atoms with Crippen LogP contribution in [0.2, 0.25) is 0 Å². The van der Waals surface area contributed by atoms with Crippen molar-refractivity contribution in [1.82, 2.24) is 4.98 Å². The van der Waals surface area contributed by atoms with Crippen molar-refractivity contribution in [2.24, 2.45) is 11.3 Å². The van der Waals surface area contributed by atoms with Crippen LogP contribution >= 0.6 is 11.8 Å². The zero-order valence-electron chi connectivity index (χ0n) is 18.1. The van der Waals surface area contributed by atoms with Crippen LogP contribution in [0.3, 0.4) is 0 Å². The van der Waals surface area contributed by atoms with Crippen LogP contribution in [0.25, 0.3) is 0 Å². The summed E-state index contributed by atoms with van der Waals surface area (Å²) in [5.41, 5.74) is -0.145. The first kappa shape index (κ1) is 22.1. The standard InChI is InChI=1S/C20H31N3O4SSi/c1-12(8-9-20(5,27-29)19(2,3)4)13-10-23(18(25)26-13)15-7-6-14-17(21-15)22-16(24)11-28-14/h6-7,12-13H,8-11H2,1-5,29H3,(H,21,22,24)/t12?,13-,20?/m0/s1. The van der Waals surface area contributed by atoms with Crippen molar-refractivity contribution in [1.29, 1.82) is 0 Å². The topological polar surface area (TPSA) is 80.8 Å². The van der Waals surface area contributed by atoms with Crippen LogP contribution in [0.5, 0.6) is 0 Å². The zero-order valence-corrected chi connectivity index (χ0v) is 20.9. The van der Waals surface area contributed by atoms with Crippen molar-refractivity contribution in [2.45, 2.75) is 64.1 Å². The van der Waals surface area contributed by atoms with Crippen molar-refractivity contribution >= 4 is 45.9 Å². The van der Waals surface area contributed by atoms with Gasteiger partial charge in [-0.15, -0.1) is 11.8 Å². The van der Waals surface area contributed by atoms with Crippen molar-refractivity contribution < 1.29 is 18.8 Å². The molecule has 160 valence electrons. The number of hydrogen-bond donors (Lipinski definition) is 1. The molecule has 1 aromatic rings. The van der Waals surface area contributed by atoms with Gasteiger partial charge >= 0.3 is 6.09 Å². The van der Waals surface area contributed by atoms with E-state index in [1.54, 1.807) is 4.90 Å². The molecule has 29 heavy (non-hydrogen) atoms. The number of cyclic esters (lactones) is 1. The fourth-order valence-electron chi connectivity index (χ4n) is 3.54. The summed E-state index contributed by atoms with van der Waals surface area (Å²) in [6.07, 6.45) is 1.24. The van der Waals surface area contributed by atoms with E-state index in [2.05, 4.69) is 44.9 Å². The lowest BCUT2D eigenvalue weighted by Gasteiger charge is -2.42. The molecule has 2 unspecified atom stereocenters. The Morgan fingerprint density at radius 2 is 2.10 bits per heavy atom. The number of nitrogens with zero attached hydrogens (tertiary/aromatic N) is 2. The van der Waals surface area contributed by atoms with E-state index in [0.29, 0.717) is 34.4 Å². The molecule has 3 atom stereocenters. The van der Waals surface area contributed by atoms with Gasteiger partial charge in [0.2, 0.25) is 5.91 Å². The third-order valence-corrected chi connectivity index (χ3v) is 8.27. The molecule has 9 heteroatoms. The first-order chi connectivity index (χ1) is 13.5.